The fourth-order valence-electron chi connectivity index (χ4n) is 2.21. The molecule has 0 amide bonds. The molecule has 1 saturated carbocycles. The molecule has 0 atom stereocenters. The van der Waals surface area contributed by atoms with E-state index < -0.39 is 0 Å². The van der Waals surface area contributed by atoms with Crippen LogP contribution in [0.2, 0.25) is 5.02 Å². The average molecular weight is 276 g/mol. The maximum atomic E-state index is 6.12. The molecule has 3 rings (SSSR count). The summed E-state index contributed by atoms with van der Waals surface area (Å²) in [5.41, 5.74) is 2.58. The quantitative estimate of drug-likeness (QED) is 0.909. The van der Waals surface area contributed by atoms with Gasteiger partial charge in [-0.25, -0.2) is 4.98 Å². The molecule has 0 saturated heterocycles. The van der Waals surface area contributed by atoms with Crippen molar-refractivity contribution in [3.8, 4) is 0 Å². The van der Waals surface area contributed by atoms with Crippen molar-refractivity contribution in [3.63, 3.8) is 0 Å². The highest BCUT2D eigenvalue weighted by atomic mass is 35.5. The molecule has 0 aliphatic heterocycles. The van der Waals surface area contributed by atoms with Crippen molar-refractivity contribution in [1.82, 2.24) is 14.9 Å². The number of benzene rings is 1. The zero-order valence-corrected chi connectivity index (χ0v) is 11.8. The molecule has 19 heavy (non-hydrogen) atoms. The Bertz CT molecular complexity index is 573. The van der Waals surface area contributed by atoms with Crippen molar-refractivity contribution in [2.24, 2.45) is 7.05 Å². The minimum absolute atomic E-state index is 0.719. The van der Waals surface area contributed by atoms with E-state index in [1.165, 1.54) is 24.0 Å². The standard InChI is InChI=1S/C15H18ClN3/c1-19-7-6-17-15(19)9-12-8-13(16)3-2-11(12)10-18-14-4-5-14/h2-3,6-8,14,18H,4-5,9-10H2,1H3. The predicted molar refractivity (Wildman–Crippen MR) is 77.3 cm³/mol. The van der Waals surface area contributed by atoms with Gasteiger partial charge in [-0.15, -0.1) is 0 Å². The Morgan fingerprint density at radius 2 is 2.21 bits per heavy atom. The smallest absolute Gasteiger partial charge is 0.112 e. The Morgan fingerprint density at radius 1 is 1.37 bits per heavy atom. The molecule has 1 aromatic carbocycles. The normalized spacial score (nSPS) is 14.8. The molecule has 1 N–H and O–H groups in total. The molecule has 1 aliphatic rings. The van der Waals surface area contributed by atoms with Crippen molar-refractivity contribution < 1.29 is 0 Å². The number of imidazole rings is 1. The molecule has 1 aliphatic carbocycles. The van der Waals surface area contributed by atoms with Gasteiger partial charge in [-0.3, -0.25) is 0 Å². The van der Waals surface area contributed by atoms with Gasteiger partial charge in [0.25, 0.3) is 0 Å². The molecular weight excluding hydrogens is 258 g/mol. The van der Waals surface area contributed by atoms with Crippen LogP contribution in [0.3, 0.4) is 0 Å². The number of hydrogen-bond donors (Lipinski definition) is 1. The fourth-order valence-corrected chi connectivity index (χ4v) is 2.41. The second-order valence-corrected chi connectivity index (χ2v) is 5.64. The number of aromatic nitrogens is 2. The van der Waals surface area contributed by atoms with E-state index in [-0.39, 0.29) is 0 Å². The first-order valence-corrected chi connectivity index (χ1v) is 7.07. The Hall–Kier alpha value is -1.32. The lowest BCUT2D eigenvalue weighted by atomic mass is 10.0. The Labute approximate surface area is 118 Å². The zero-order chi connectivity index (χ0) is 13.2. The van der Waals surface area contributed by atoms with Crippen molar-refractivity contribution >= 4 is 11.6 Å². The van der Waals surface area contributed by atoms with Gasteiger partial charge in [0.15, 0.2) is 0 Å². The van der Waals surface area contributed by atoms with Crippen LogP contribution in [0.1, 0.15) is 29.8 Å². The predicted octanol–water partition coefficient (Wildman–Crippen LogP) is 2.92. The van der Waals surface area contributed by atoms with Crippen molar-refractivity contribution in [2.45, 2.75) is 31.8 Å². The topological polar surface area (TPSA) is 29.9 Å². The van der Waals surface area contributed by atoms with Crippen LogP contribution in [0, 0.1) is 0 Å². The maximum Gasteiger partial charge on any atom is 0.112 e. The van der Waals surface area contributed by atoms with E-state index >= 15 is 0 Å². The molecule has 1 aromatic heterocycles. The molecule has 0 spiro atoms. The number of aryl methyl sites for hydroxylation is 1. The lowest BCUT2D eigenvalue weighted by Gasteiger charge is -2.11. The summed E-state index contributed by atoms with van der Waals surface area (Å²) in [5, 5.41) is 4.35. The summed E-state index contributed by atoms with van der Waals surface area (Å²) in [6.45, 7) is 0.918. The van der Waals surface area contributed by atoms with Crippen LogP contribution >= 0.6 is 11.6 Å². The van der Waals surface area contributed by atoms with Crippen molar-refractivity contribution in [3.05, 3.63) is 52.6 Å². The van der Waals surface area contributed by atoms with E-state index in [1.54, 1.807) is 0 Å². The van der Waals surface area contributed by atoms with Crippen LogP contribution in [-0.4, -0.2) is 15.6 Å². The molecule has 1 fully saturated rings. The summed E-state index contributed by atoms with van der Waals surface area (Å²) in [7, 11) is 2.02. The number of nitrogens with one attached hydrogen (secondary N) is 1. The van der Waals surface area contributed by atoms with E-state index in [0.29, 0.717) is 0 Å². The minimum atomic E-state index is 0.719. The van der Waals surface area contributed by atoms with E-state index in [9.17, 15) is 0 Å². The first-order chi connectivity index (χ1) is 9.22. The van der Waals surface area contributed by atoms with Gasteiger partial charge in [-0.05, 0) is 36.1 Å². The zero-order valence-electron chi connectivity index (χ0n) is 11.1. The summed E-state index contributed by atoms with van der Waals surface area (Å²) in [6.07, 6.45) is 7.25. The van der Waals surface area contributed by atoms with Crippen LogP contribution in [0.15, 0.2) is 30.6 Å². The number of hydrogen-bond acceptors (Lipinski definition) is 2. The molecule has 100 valence electrons. The monoisotopic (exact) mass is 275 g/mol. The van der Waals surface area contributed by atoms with Gasteiger partial charge in [0, 0.05) is 43.5 Å². The number of nitrogens with zero attached hydrogens (tertiary/aromatic N) is 2. The average Bonchev–Trinajstić information content (AvgIpc) is 3.13. The lowest BCUT2D eigenvalue weighted by molar-refractivity contribution is 0.682. The van der Waals surface area contributed by atoms with Crippen molar-refractivity contribution in [2.75, 3.05) is 0 Å². The largest absolute Gasteiger partial charge is 0.338 e. The van der Waals surface area contributed by atoms with Gasteiger partial charge in [-0.2, -0.15) is 0 Å². The summed E-state index contributed by atoms with van der Waals surface area (Å²) in [5.74, 6) is 1.06. The second-order valence-electron chi connectivity index (χ2n) is 5.20. The van der Waals surface area contributed by atoms with Crippen LogP contribution < -0.4 is 5.32 Å². The highest BCUT2D eigenvalue weighted by Gasteiger charge is 2.20. The fraction of sp³-hybridized carbons (Fsp3) is 0.400. The summed E-state index contributed by atoms with van der Waals surface area (Å²) < 4.78 is 2.05. The highest BCUT2D eigenvalue weighted by Crippen LogP contribution is 2.22. The van der Waals surface area contributed by atoms with E-state index in [2.05, 4.69) is 27.0 Å². The Morgan fingerprint density at radius 3 is 2.89 bits per heavy atom. The van der Waals surface area contributed by atoms with Gasteiger partial charge in [0.05, 0.1) is 0 Å². The molecular formula is C15H18ClN3. The third kappa shape index (κ3) is 3.17. The number of rotatable bonds is 5. The third-order valence-electron chi connectivity index (χ3n) is 3.60. The second kappa shape index (κ2) is 5.35. The molecule has 2 aromatic rings. The molecule has 4 heteroatoms. The summed E-state index contributed by atoms with van der Waals surface area (Å²) >= 11 is 6.12. The van der Waals surface area contributed by atoms with Gasteiger partial charge in [-0.1, -0.05) is 17.7 Å². The van der Waals surface area contributed by atoms with Crippen LogP contribution in [0.5, 0.6) is 0 Å². The van der Waals surface area contributed by atoms with E-state index in [0.717, 1.165) is 29.9 Å². The molecule has 0 bridgehead atoms. The van der Waals surface area contributed by atoms with Gasteiger partial charge >= 0.3 is 0 Å². The molecule has 0 radical (unpaired) electrons. The van der Waals surface area contributed by atoms with Gasteiger partial charge in [0.1, 0.15) is 5.82 Å². The summed E-state index contributed by atoms with van der Waals surface area (Å²) in [4.78, 5) is 4.39. The highest BCUT2D eigenvalue weighted by molar-refractivity contribution is 6.30. The van der Waals surface area contributed by atoms with E-state index in [1.807, 2.05) is 25.5 Å². The third-order valence-corrected chi connectivity index (χ3v) is 3.83. The van der Waals surface area contributed by atoms with Crippen molar-refractivity contribution in [1.29, 1.82) is 0 Å². The van der Waals surface area contributed by atoms with Crippen LogP contribution in [0.4, 0.5) is 0 Å². The SMILES string of the molecule is Cn1ccnc1Cc1cc(Cl)ccc1CNC1CC1. The first-order valence-electron chi connectivity index (χ1n) is 6.69. The van der Waals surface area contributed by atoms with Crippen LogP contribution in [-0.2, 0) is 20.0 Å². The number of halogens is 1. The van der Waals surface area contributed by atoms with E-state index in [4.69, 9.17) is 11.6 Å². The van der Waals surface area contributed by atoms with Crippen LogP contribution in [0.25, 0.3) is 0 Å². The Kier molecular flexibility index (Phi) is 3.58. The first kappa shape index (κ1) is 12.7. The Balaban J connectivity index is 1.80. The molecule has 0 unspecified atom stereocenters. The molecule has 1 heterocycles. The minimum Gasteiger partial charge on any atom is -0.338 e. The maximum absolute atomic E-state index is 6.12. The molecule has 3 nitrogen and oxygen atoms in total. The van der Waals surface area contributed by atoms with Gasteiger partial charge < -0.3 is 9.88 Å². The lowest BCUT2D eigenvalue weighted by Crippen LogP contribution is -2.16. The van der Waals surface area contributed by atoms with Gasteiger partial charge in [0.2, 0.25) is 0 Å². The summed E-state index contributed by atoms with van der Waals surface area (Å²) in [6, 6.07) is 6.86.